The van der Waals surface area contributed by atoms with Crippen LogP contribution in [0, 0.1) is 6.92 Å². The number of hydrogen-bond acceptors (Lipinski definition) is 5. The second kappa shape index (κ2) is 8.63. The Bertz CT molecular complexity index is 753. The molecule has 0 saturated carbocycles. The van der Waals surface area contributed by atoms with Crippen LogP contribution in [-0.4, -0.2) is 55.4 Å². The van der Waals surface area contributed by atoms with Crippen LogP contribution in [0.25, 0.3) is 0 Å². The third-order valence-electron chi connectivity index (χ3n) is 5.80. The quantitative estimate of drug-likeness (QED) is 0.824. The Morgan fingerprint density at radius 3 is 2.70 bits per heavy atom. The molecule has 5 heteroatoms. The highest BCUT2D eigenvalue weighted by Crippen LogP contribution is 2.29. The van der Waals surface area contributed by atoms with E-state index in [4.69, 9.17) is 4.74 Å². The van der Waals surface area contributed by atoms with Gasteiger partial charge >= 0.3 is 0 Å². The lowest BCUT2D eigenvalue weighted by Crippen LogP contribution is -2.49. The smallest absolute Gasteiger partial charge is 0.122 e. The van der Waals surface area contributed by atoms with Crippen molar-refractivity contribution in [2.24, 2.45) is 0 Å². The van der Waals surface area contributed by atoms with Gasteiger partial charge in [-0.15, -0.1) is 11.3 Å². The Morgan fingerprint density at radius 1 is 1.11 bits per heavy atom. The molecule has 1 aromatic carbocycles. The lowest BCUT2D eigenvalue weighted by atomic mass is 9.91. The first-order valence-corrected chi connectivity index (χ1v) is 11.0. The first-order chi connectivity index (χ1) is 13.2. The molecule has 1 fully saturated rings. The summed E-state index contributed by atoms with van der Waals surface area (Å²) in [6.45, 7) is 7.29. The van der Waals surface area contributed by atoms with Crippen molar-refractivity contribution in [1.82, 2.24) is 4.90 Å². The van der Waals surface area contributed by atoms with Crippen molar-refractivity contribution < 1.29 is 9.84 Å². The number of aryl methyl sites for hydroxylation is 2. The summed E-state index contributed by atoms with van der Waals surface area (Å²) in [6, 6.07) is 8.57. The van der Waals surface area contributed by atoms with Crippen molar-refractivity contribution in [1.29, 1.82) is 0 Å². The molecule has 4 nitrogen and oxygen atoms in total. The molecule has 1 atom stereocenters. The SMILES string of the molecule is Cc1sccc1N1CCN(CC(O)COc2cccc3c2CCCC3)CC1. The average Bonchev–Trinajstić information content (AvgIpc) is 3.13. The van der Waals surface area contributed by atoms with Gasteiger partial charge in [0, 0.05) is 37.6 Å². The standard InChI is InChI=1S/C22H30N2O2S/c1-17-21(9-14-27-17)24-12-10-23(11-13-24)15-19(25)16-26-22-8-4-6-18-5-2-3-7-20(18)22/h4,6,8-9,14,19,25H,2-3,5,7,10-13,15-16H2,1H3. The summed E-state index contributed by atoms with van der Waals surface area (Å²) >= 11 is 1.81. The van der Waals surface area contributed by atoms with Crippen LogP contribution in [0.1, 0.15) is 28.8 Å². The van der Waals surface area contributed by atoms with Gasteiger partial charge in [0.15, 0.2) is 0 Å². The highest BCUT2D eigenvalue weighted by atomic mass is 32.1. The molecule has 27 heavy (non-hydrogen) atoms. The van der Waals surface area contributed by atoms with Gasteiger partial charge in [-0.3, -0.25) is 4.90 Å². The van der Waals surface area contributed by atoms with Crippen molar-refractivity contribution in [3.05, 3.63) is 45.6 Å². The van der Waals surface area contributed by atoms with E-state index in [9.17, 15) is 5.11 Å². The fourth-order valence-corrected chi connectivity index (χ4v) is 5.01. The highest BCUT2D eigenvalue weighted by Gasteiger charge is 2.21. The van der Waals surface area contributed by atoms with E-state index in [0.717, 1.165) is 44.8 Å². The number of nitrogens with zero attached hydrogens (tertiary/aromatic N) is 2. The molecule has 2 aliphatic rings. The molecule has 2 heterocycles. The molecule has 1 saturated heterocycles. The normalized spacial score (nSPS) is 19.0. The van der Waals surface area contributed by atoms with Gasteiger partial charge in [-0.2, -0.15) is 0 Å². The zero-order chi connectivity index (χ0) is 18.6. The van der Waals surface area contributed by atoms with Crippen molar-refractivity contribution in [3.63, 3.8) is 0 Å². The van der Waals surface area contributed by atoms with Gasteiger partial charge in [0.25, 0.3) is 0 Å². The van der Waals surface area contributed by atoms with Crippen LogP contribution >= 0.6 is 11.3 Å². The van der Waals surface area contributed by atoms with E-state index >= 15 is 0 Å². The number of benzene rings is 1. The van der Waals surface area contributed by atoms with Crippen LogP contribution in [0.4, 0.5) is 5.69 Å². The van der Waals surface area contributed by atoms with Crippen LogP contribution in [0.3, 0.4) is 0 Å². The van der Waals surface area contributed by atoms with E-state index in [0.29, 0.717) is 13.2 Å². The molecule has 1 N–H and O–H groups in total. The second-order valence-electron chi connectivity index (χ2n) is 7.72. The first kappa shape index (κ1) is 18.8. The number of ether oxygens (including phenoxy) is 1. The van der Waals surface area contributed by atoms with E-state index in [1.165, 1.54) is 34.5 Å². The number of β-amino-alcohol motifs (C(OH)–C–C–N with tert-alkyl or cyclic N) is 1. The Balaban J connectivity index is 1.25. The Morgan fingerprint density at radius 2 is 1.93 bits per heavy atom. The first-order valence-electron chi connectivity index (χ1n) is 10.1. The van der Waals surface area contributed by atoms with Crippen molar-refractivity contribution in [2.45, 2.75) is 38.7 Å². The van der Waals surface area contributed by atoms with Gasteiger partial charge in [-0.1, -0.05) is 12.1 Å². The van der Waals surface area contributed by atoms with Gasteiger partial charge in [-0.05, 0) is 61.2 Å². The van der Waals surface area contributed by atoms with Crippen LogP contribution in [0.5, 0.6) is 5.75 Å². The van der Waals surface area contributed by atoms with Crippen LogP contribution in [0.15, 0.2) is 29.6 Å². The highest BCUT2D eigenvalue weighted by molar-refractivity contribution is 7.10. The number of aliphatic hydroxyl groups is 1. The van der Waals surface area contributed by atoms with E-state index in [-0.39, 0.29) is 0 Å². The van der Waals surface area contributed by atoms with Gasteiger partial charge in [0.05, 0.1) is 5.69 Å². The lowest BCUT2D eigenvalue weighted by Gasteiger charge is -2.36. The molecule has 0 spiro atoms. The molecule has 0 amide bonds. The summed E-state index contributed by atoms with van der Waals surface area (Å²) in [5.74, 6) is 0.976. The Hall–Kier alpha value is -1.56. The van der Waals surface area contributed by atoms with E-state index in [1.807, 2.05) is 11.3 Å². The second-order valence-corrected chi connectivity index (χ2v) is 8.84. The third-order valence-corrected chi connectivity index (χ3v) is 6.63. The molecule has 146 valence electrons. The molecule has 1 aliphatic carbocycles. The summed E-state index contributed by atoms with van der Waals surface area (Å²) in [5, 5.41) is 12.6. The molecular formula is C22H30N2O2S. The molecule has 1 unspecified atom stereocenters. The molecule has 1 aromatic heterocycles. The number of fused-ring (bicyclic) bond motifs is 1. The zero-order valence-corrected chi connectivity index (χ0v) is 17.0. The number of aliphatic hydroxyl groups excluding tert-OH is 1. The summed E-state index contributed by atoms with van der Waals surface area (Å²) in [7, 11) is 0. The average molecular weight is 387 g/mol. The van der Waals surface area contributed by atoms with Crippen molar-refractivity contribution >= 4 is 17.0 Å². The monoisotopic (exact) mass is 386 g/mol. The van der Waals surface area contributed by atoms with Crippen LogP contribution in [0.2, 0.25) is 0 Å². The molecule has 0 bridgehead atoms. The Labute approximate surface area is 166 Å². The third kappa shape index (κ3) is 4.48. The molecule has 1 aliphatic heterocycles. The number of thiophene rings is 1. The number of piperazine rings is 1. The lowest BCUT2D eigenvalue weighted by molar-refractivity contribution is 0.0659. The van der Waals surface area contributed by atoms with Gasteiger partial charge in [0.1, 0.15) is 18.5 Å². The molecule has 0 radical (unpaired) electrons. The minimum atomic E-state index is -0.445. The number of anilines is 1. The van der Waals surface area contributed by atoms with Gasteiger partial charge in [0.2, 0.25) is 0 Å². The summed E-state index contributed by atoms with van der Waals surface area (Å²) in [5.41, 5.74) is 4.15. The maximum Gasteiger partial charge on any atom is 0.122 e. The summed E-state index contributed by atoms with van der Waals surface area (Å²) < 4.78 is 6.02. The minimum absolute atomic E-state index is 0.375. The maximum atomic E-state index is 10.5. The summed E-state index contributed by atoms with van der Waals surface area (Å²) in [4.78, 5) is 6.21. The maximum absolute atomic E-state index is 10.5. The summed E-state index contributed by atoms with van der Waals surface area (Å²) in [6.07, 6.45) is 4.33. The zero-order valence-electron chi connectivity index (χ0n) is 16.2. The largest absolute Gasteiger partial charge is 0.491 e. The predicted molar refractivity (Wildman–Crippen MR) is 112 cm³/mol. The molecule has 4 rings (SSSR count). The molecular weight excluding hydrogens is 356 g/mol. The van der Waals surface area contributed by atoms with Crippen LogP contribution < -0.4 is 9.64 Å². The van der Waals surface area contributed by atoms with Crippen molar-refractivity contribution in [3.8, 4) is 5.75 Å². The van der Waals surface area contributed by atoms with Crippen LogP contribution in [-0.2, 0) is 12.8 Å². The van der Waals surface area contributed by atoms with E-state index < -0.39 is 6.10 Å². The Kier molecular flexibility index (Phi) is 6.01. The number of hydrogen-bond donors (Lipinski definition) is 1. The minimum Gasteiger partial charge on any atom is -0.491 e. The van der Waals surface area contributed by atoms with Gasteiger partial charge in [-0.25, -0.2) is 0 Å². The number of rotatable bonds is 6. The fourth-order valence-electron chi connectivity index (χ4n) is 4.30. The van der Waals surface area contributed by atoms with E-state index in [1.54, 1.807) is 0 Å². The van der Waals surface area contributed by atoms with Crippen molar-refractivity contribution in [2.75, 3.05) is 44.2 Å². The fraction of sp³-hybridized carbons (Fsp3) is 0.545. The topological polar surface area (TPSA) is 35.9 Å². The predicted octanol–water partition coefficient (Wildman–Crippen LogP) is 3.50. The van der Waals surface area contributed by atoms with Gasteiger partial charge < -0.3 is 14.7 Å². The molecule has 2 aromatic rings. The van der Waals surface area contributed by atoms with E-state index in [2.05, 4.69) is 46.4 Å².